The number of hydrogen-bond acceptors (Lipinski definition) is 4. The second kappa shape index (κ2) is 8.02. The number of nitrogens with zero attached hydrogens (tertiary/aromatic N) is 2. The molecule has 1 aromatic carbocycles. The van der Waals surface area contributed by atoms with Crippen LogP contribution in [0.5, 0.6) is 0 Å². The molecule has 0 aliphatic carbocycles. The zero-order valence-corrected chi connectivity index (χ0v) is 13.4. The van der Waals surface area contributed by atoms with Crippen LogP contribution in [0, 0.1) is 11.6 Å². The lowest BCUT2D eigenvalue weighted by atomic mass is 10.3. The van der Waals surface area contributed by atoms with E-state index < -0.39 is 24.0 Å². The summed E-state index contributed by atoms with van der Waals surface area (Å²) in [5, 5.41) is 2.59. The van der Waals surface area contributed by atoms with Gasteiger partial charge in [-0.1, -0.05) is 0 Å². The second-order valence-corrected chi connectivity index (χ2v) is 5.16. The lowest BCUT2D eigenvalue weighted by Crippen LogP contribution is -2.42. The SMILES string of the molecule is COC(CNC(=O)CN1CCN(c2ccc(F)c(F)c2)C1=O)OC. The number of rotatable bonds is 7. The Morgan fingerprint density at radius 3 is 2.58 bits per heavy atom. The maximum absolute atomic E-state index is 13.3. The molecular weight excluding hydrogens is 324 g/mol. The van der Waals surface area contributed by atoms with Gasteiger partial charge in [0, 0.05) is 39.1 Å². The lowest BCUT2D eigenvalue weighted by Gasteiger charge is -2.19. The monoisotopic (exact) mass is 343 g/mol. The molecular formula is C15H19F2N3O4. The third-order valence-corrected chi connectivity index (χ3v) is 3.64. The number of carbonyl (C=O) groups is 2. The average Bonchev–Trinajstić information content (AvgIpc) is 2.92. The third kappa shape index (κ3) is 4.18. The Labute approximate surface area is 138 Å². The largest absolute Gasteiger partial charge is 0.354 e. The van der Waals surface area contributed by atoms with Crippen LogP contribution in [-0.2, 0) is 14.3 Å². The highest BCUT2D eigenvalue weighted by Gasteiger charge is 2.31. The van der Waals surface area contributed by atoms with E-state index in [0.29, 0.717) is 6.54 Å². The first-order chi connectivity index (χ1) is 11.5. The van der Waals surface area contributed by atoms with Crippen LogP contribution in [0.3, 0.4) is 0 Å². The van der Waals surface area contributed by atoms with Crippen molar-refractivity contribution < 1.29 is 27.8 Å². The molecule has 1 fully saturated rings. The Kier molecular flexibility index (Phi) is 6.04. The van der Waals surface area contributed by atoms with Crippen LogP contribution in [0.1, 0.15) is 0 Å². The minimum absolute atomic E-state index is 0.140. The fourth-order valence-corrected chi connectivity index (χ4v) is 2.31. The van der Waals surface area contributed by atoms with Gasteiger partial charge in [-0.3, -0.25) is 9.69 Å². The van der Waals surface area contributed by atoms with Crippen LogP contribution in [0.4, 0.5) is 19.3 Å². The summed E-state index contributed by atoms with van der Waals surface area (Å²) in [6.45, 7) is 0.610. The molecule has 1 aliphatic rings. The second-order valence-electron chi connectivity index (χ2n) is 5.16. The van der Waals surface area contributed by atoms with Crippen LogP contribution in [0.2, 0.25) is 0 Å². The van der Waals surface area contributed by atoms with Crippen molar-refractivity contribution in [2.24, 2.45) is 0 Å². The van der Waals surface area contributed by atoms with E-state index in [9.17, 15) is 18.4 Å². The molecule has 1 aromatic rings. The average molecular weight is 343 g/mol. The molecule has 2 rings (SSSR count). The number of carbonyl (C=O) groups excluding carboxylic acids is 2. The van der Waals surface area contributed by atoms with E-state index in [2.05, 4.69) is 5.32 Å². The molecule has 0 atom stereocenters. The Bertz CT molecular complexity index is 610. The number of ether oxygens (including phenoxy) is 2. The van der Waals surface area contributed by atoms with Crippen LogP contribution in [0.25, 0.3) is 0 Å². The topological polar surface area (TPSA) is 71.1 Å². The molecule has 0 radical (unpaired) electrons. The van der Waals surface area contributed by atoms with Gasteiger partial charge in [0.2, 0.25) is 5.91 Å². The zero-order valence-electron chi connectivity index (χ0n) is 13.4. The molecule has 7 nitrogen and oxygen atoms in total. The number of amides is 3. The van der Waals surface area contributed by atoms with Crippen molar-refractivity contribution in [3.63, 3.8) is 0 Å². The minimum atomic E-state index is -1.03. The molecule has 0 unspecified atom stereocenters. The van der Waals surface area contributed by atoms with Gasteiger partial charge in [0.25, 0.3) is 0 Å². The Hall–Kier alpha value is -2.26. The molecule has 0 spiro atoms. The summed E-state index contributed by atoms with van der Waals surface area (Å²) in [6, 6.07) is 2.80. The van der Waals surface area contributed by atoms with Gasteiger partial charge in [-0.25, -0.2) is 13.6 Å². The van der Waals surface area contributed by atoms with E-state index in [1.165, 1.54) is 30.1 Å². The number of methoxy groups -OCH3 is 2. The standard InChI is InChI=1S/C15H19F2N3O4/c1-23-14(24-2)8-18-13(21)9-19-5-6-20(15(19)22)10-3-4-11(16)12(17)7-10/h3-4,7,14H,5-6,8-9H2,1-2H3,(H,18,21). The van der Waals surface area contributed by atoms with Crippen molar-refractivity contribution >= 4 is 17.6 Å². The van der Waals surface area contributed by atoms with E-state index in [0.717, 1.165) is 12.1 Å². The molecule has 9 heteroatoms. The predicted octanol–water partition coefficient (Wildman–Crippen LogP) is 0.942. The number of nitrogens with one attached hydrogen (secondary N) is 1. The van der Waals surface area contributed by atoms with Crippen molar-refractivity contribution in [2.75, 3.05) is 45.3 Å². The van der Waals surface area contributed by atoms with Gasteiger partial charge in [0.05, 0.1) is 6.54 Å². The summed E-state index contributed by atoms with van der Waals surface area (Å²) in [7, 11) is 2.90. The van der Waals surface area contributed by atoms with Crippen LogP contribution in [-0.4, -0.2) is 63.5 Å². The van der Waals surface area contributed by atoms with E-state index in [1.807, 2.05) is 0 Å². The molecule has 0 bridgehead atoms. The van der Waals surface area contributed by atoms with Gasteiger partial charge in [0.15, 0.2) is 17.9 Å². The number of hydrogen-bond donors (Lipinski definition) is 1. The smallest absolute Gasteiger partial charge is 0.325 e. The molecule has 3 amide bonds. The highest BCUT2D eigenvalue weighted by molar-refractivity contribution is 5.96. The maximum atomic E-state index is 13.3. The predicted molar refractivity (Wildman–Crippen MR) is 81.5 cm³/mol. The molecule has 1 heterocycles. The Morgan fingerprint density at radius 1 is 1.25 bits per heavy atom. The summed E-state index contributed by atoms with van der Waals surface area (Å²) in [5.74, 6) is -2.37. The minimum Gasteiger partial charge on any atom is -0.354 e. The maximum Gasteiger partial charge on any atom is 0.325 e. The Balaban J connectivity index is 1.91. The summed E-state index contributed by atoms with van der Waals surface area (Å²) >= 11 is 0. The normalized spacial score (nSPS) is 14.6. The van der Waals surface area contributed by atoms with Gasteiger partial charge < -0.3 is 19.7 Å². The molecule has 24 heavy (non-hydrogen) atoms. The zero-order chi connectivity index (χ0) is 17.7. The van der Waals surface area contributed by atoms with Gasteiger partial charge in [-0.05, 0) is 12.1 Å². The van der Waals surface area contributed by atoms with E-state index in [4.69, 9.17) is 9.47 Å². The molecule has 1 N–H and O–H groups in total. The summed E-state index contributed by atoms with van der Waals surface area (Å²) in [6.07, 6.45) is -0.568. The first-order valence-electron chi connectivity index (χ1n) is 7.30. The van der Waals surface area contributed by atoms with Gasteiger partial charge in [-0.15, -0.1) is 0 Å². The summed E-state index contributed by atoms with van der Waals surface area (Å²) < 4.78 is 36.2. The van der Waals surface area contributed by atoms with E-state index in [-0.39, 0.29) is 31.2 Å². The quantitative estimate of drug-likeness (QED) is 0.748. The van der Waals surface area contributed by atoms with Crippen molar-refractivity contribution in [1.82, 2.24) is 10.2 Å². The van der Waals surface area contributed by atoms with E-state index in [1.54, 1.807) is 0 Å². The van der Waals surface area contributed by atoms with Crippen molar-refractivity contribution in [3.8, 4) is 0 Å². The molecule has 1 saturated heterocycles. The number of halogens is 2. The van der Waals surface area contributed by atoms with Crippen molar-refractivity contribution in [2.45, 2.75) is 6.29 Å². The number of anilines is 1. The van der Waals surface area contributed by atoms with Crippen molar-refractivity contribution in [3.05, 3.63) is 29.8 Å². The van der Waals surface area contributed by atoms with Crippen LogP contribution in [0.15, 0.2) is 18.2 Å². The fraction of sp³-hybridized carbons (Fsp3) is 0.467. The van der Waals surface area contributed by atoms with Crippen LogP contribution < -0.4 is 10.2 Å². The molecule has 0 saturated carbocycles. The van der Waals surface area contributed by atoms with Gasteiger partial charge in [-0.2, -0.15) is 0 Å². The third-order valence-electron chi connectivity index (χ3n) is 3.64. The number of urea groups is 1. The summed E-state index contributed by atoms with van der Waals surface area (Å²) in [4.78, 5) is 26.8. The molecule has 1 aliphatic heterocycles. The molecule has 0 aromatic heterocycles. The van der Waals surface area contributed by atoms with Gasteiger partial charge >= 0.3 is 6.03 Å². The summed E-state index contributed by atoms with van der Waals surface area (Å²) in [5.41, 5.74) is 0.251. The first-order valence-corrected chi connectivity index (χ1v) is 7.30. The number of benzene rings is 1. The lowest BCUT2D eigenvalue weighted by molar-refractivity contribution is -0.127. The van der Waals surface area contributed by atoms with Crippen molar-refractivity contribution in [1.29, 1.82) is 0 Å². The Morgan fingerprint density at radius 2 is 1.96 bits per heavy atom. The fourth-order valence-electron chi connectivity index (χ4n) is 2.31. The van der Waals surface area contributed by atoms with Gasteiger partial charge in [0.1, 0.15) is 6.54 Å². The highest BCUT2D eigenvalue weighted by atomic mass is 19.2. The molecule has 132 valence electrons. The highest BCUT2D eigenvalue weighted by Crippen LogP contribution is 2.22. The first kappa shape index (κ1) is 18.1. The van der Waals surface area contributed by atoms with E-state index >= 15 is 0 Å². The van der Waals surface area contributed by atoms with Crippen LogP contribution >= 0.6 is 0 Å².